The monoisotopic (exact) mass is 247 g/mol. The number of aryl methyl sites for hydroxylation is 1. The summed E-state index contributed by atoms with van der Waals surface area (Å²) >= 11 is 0. The first kappa shape index (κ1) is 13.5. The molecule has 1 aliphatic carbocycles. The van der Waals surface area contributed by atoms with Gasteiger partial charge in [-0.1, -0.05) is 12.8 Å². The van der Waals surface area contributed by atoms with Gasteiger partial charge in [0.15, 0.2) is 0 Å². The van der Waals surface area contributed by atoms with E-state index in [0.29, 0.717) is 5.54 Å². The van der Waals surface area contributed by atoms with Crippen molar-refractivity contribution in [2.24, 2.45) is 0 Å². The van der Waals surface area contributed by atoms with Gasteiger partial charge in [0.05, 0.1) is 0 Å². The number of rotatable bonds is 5. The number of likely N-dealkylation sites (N-methyl/N-ethyl adjacent to an activating group) is 1. The zero-order valence-electron chi connectivity index (χ0n) is 11.9. The predicted molar refractivity (Wildman–Crippen MR) is 75.6 cm³/mol. The second-order valence-electron chi connectivity index (χ2n) is 5.73. The number of pyridine rings is 1. The molecule has 0 spiro atoms. The van der Waals surface area contributed by atoms with Crippen molar-refractivity contribution in [2.75, 3.05) is 20.6 Å². The molecule has 1 N–H and O–H groups in total. The minimum absolute atomic E-state index is 0.371. The van der Waals surface area contributed by atoms with Gasteiger partial charge in [0, 0.05) is 31.0 Å². The average molecular weight is 247 g/mol. The van der Waals surface area contributed by atoms with E-state index in [4.69, 9.17) is 0 Å². The van der Waals surface area contributed by atoms with E-state index in [2.05, 4.69) is 42.3 Å². The lowest BCUT2D eigenvalue weighted by molar-refractivity contribution is 0.153. The van der Waals surface area contributed by atoms with E-state index in [-0.39, 0.29) is 0 Å². The third kappa shape index (κ3) is 2.90. The molecule has 1 heterocycles. The van der Waals surface area contributed by atoms with E-state index in [9.17, 15) is 0 Å². The fourth-order valence-corrected chi connectivity index (χ4v) is 2.93. The molecular formula is C15H25N3. The van der Waals surface area contributed by atoms with Crippen molar-refractivity contribution >= 4 is 0 Å². The second-order valence-corrected chi connectivity index (χ2v) is 5.73. The quantitative estimate of drug-likeness (QED) is 0.865. The molecule has 0 aliphatic heterocycles. The summed E-state index contributed by atoms with van der Waals surface area (Å²) in [6, 6.07) is 2.08. The molecule has 0 saturated heterocycles. The average Bonchev–Trinajstić information content (AvgIpc) is 2.82. The Morgan fingerprint density at radius 1 is 1.33 bits per heavy atom. The van der Waals surface area contributed by atoms with Gasteiger partial charge in [-0.3, -0.25) is 4.98 Å². The number of aromatic nitrogens is 1. The molecule has 1 saturated carbocycles. The van der Waals surface area contributed by atoms with Crippen molar-refractivity contribution in [3.05, 3.63) is 29.6 Å². The Balaban J connectivity index is 1.90. The maximum absolute atomic E-state index is 4.20. The second kappa shape index (κ2) is 5.81. The van der Waals surface area contributed by atoms with Crippen molar-refractivity contribution in [2.45, 2.75) is 44.7 Å². The van der Waals surface area contributed by atoms with E-state index in [0.717, 1.165) is 13.1 Å². The molecule has 0 bridgehead atoms. The first-order valence-electron chi connectivity index (χ1n) is 6.92. The van der Waals surface area contributed by atoms with Crippen molar-refractivity contribution in [3.8, 4) is 0 Å². The molecular weight excluding hydrogens is 222 g/mol. The van der Waals surface area contributed by atoms with Crippen LogP contribution >= 0.6 is 0 Å². The fraction of sp³-hybridized carbons (Fsp3) is 0.667. The van der Waals surface area contributed by atoms with Gasteiger partial charge in [-0.05, 0) is 51.1 Å². The smallest absolute Gasteiger partial charge is 0.0328 e. The van der Waals surface area contributed by atoms with Gasteiger partial charge in [-0.15, -0.1) is 0 Å². The topological polar surface area (TPSA) is 28.2 Å². The first-order chi connectivity index (χ1) is 8.64. The van der Waals surface area contributed by atoms with E-state index < -0.39 is 0 Å². The van der Waals surface area contributed by atoms with Crippen LogP contribution in [0.5, 0.6) is 0 Å². The molecule has 2 rings (SSSR count). The Labute approximate surface area is 111 Å². The largest absolute Gasteiger partial charge is 0.311 e. The molecule has 1 aromatic rings. The van der Waals surface area contributed by atoms with E-state index >= 15 is 0 Å². The van der Waals surface area contributed by atoms with Gasteiger partial charge < -0.3 is 10.2 Å². The molecule has 0 amide bonds. The lowest BCUT2D eigenvalue weighted by atomic mass is 9.96. The van der Waals surface area contributed by atoms with Crippen LogP contribution in [-0.4, -0.2) is 36.1 Å². The molecule has 1 aromatic heterocycles. The summed E-state index contributed by atoms with van der Waals surface area (Å²) in [6.07, 6.45) is 9.20. The van der Waals surface area contributed by atoms with Gasteiger partial charge in [0.25, 0.3) is 0 Å². The first-order valence-corrected chi connectivity index (χ1v) is 6.92. The molecule has 0 aromatic carbocycles. The van der Waals surface area contributed by atoms with Gasteiger partial charge in [0.1, 0.15) is 0 Å². The molecule has 0 unspecified atom stereocenters. The number of nitrogens with one attached hydrogen (secondary N) is 1. The predicted octanol–water partition coefficient (Wildman–Crippen LogP) is 2.35. The van der Waals surface area contributed by atoms with Gasteiger partial charge in [-0.25, -0.2) is 0 Å². The highest BCUT2D eigenvalue weighted by Crippen LogP contribution is 2.33. The van der Waals surface area contributed by atoms with E-state index in [1.807, 2.05) is 12.4 Å². The van der Waals surface area contributed by atoms with E-state index in [1.165, 1.54) is 36.8 Å². The summed E-state index contributed by atoms with van der Waals surface area (Å²) in [5.74, 6) is 0. The molecule has 100 valence electrons. The Bertz CT molecular complexity index is 381. The third-order valence-electron chi connectivity index (χ3n) is 4.40. The highest BCUT2D eigenvalue weighted by atomic mass is 15.2. The highest BCUT2D eigenvalue weighted by molar-refractivity contribution is 5.21. The molecule has 0 atom stereocenters. The zero-order valence-corrected chi connectivity index (χ0v) is 11.9. The Hall–Kier alpha value is -0.930. The summed E-state index contributed by atoms with van der Waals surface area (Å²) in [6.45, 7) is 4.15. The minimum atomic E-state index is 0.371. The van der Waals surface area contributed by atoms with E-state index in [1.54, 1.807) is 0 Å². The van der Waals surface area contributed by atoms with Crippen LogP contribution in [0, 0.1) is 6.92 Å². The molecule has 3 heteroatoms. The van der Waals surface area contributed by atoms with Crippen LogP contribution in [0.25, 0.3) is 0 Å². The summed E-state index contributed by atoms with van der Waals surface area (Å²) in [5.41, 5.74) is 3.00. The summed E-state index contributed by atoms with van der Waals surface area (Å²) < 4.78 is 0. The normalized spacial score (nSPS) is 18.4. The van der Waals surface area contributed by atoms with Gasteiger partial charge in [0.2, 0.25) is 0 Å². The molecule has 0 radical (unpaired) electrons. The lowest BCUT2D eigenvalue weighted by Gasteiger charge is -2.36. The van der Waals surface area contributed by atoms with Crippen molar-refractivity contribution < 1.29 is 0 Å². The Kier molecular flexibility index (Phi) is 4.36. The van der Waals surface area contributed by atoms with Gasteiger partial charge in [-0.2, -0.15) is 0 Å². The van der Waals surface area contributed by atoms with Crippen LogP contribution in [0.2, 0.25) is 0 Å². The molecule has 1 fully saturated rings. The number of hydrogen-bond donors (Lipinski definition) is 1. The van der Waals surface area contributed by atoms with Crippen molar-refractivity contribution in [3.63, 3.8) is 0 Å². The molecule has 18 heavy (non-hydrogen) atoms. The molecule has 1 aliphatic rings. The number of nitrogens with zero attached hydrogens (tertiary/aromatic N) is 2. The summed E-state index contributed by atoms with van der Waals surface area (Å²) in [5, 5.41) is 3.62. The Morgan fingerprint density at radius 2 is 2.06 bits per heavy atom. The van der Waals surface area contributed by atoms with Crippen LogP contribution in [0.1, 0.15) is 36.8 Å². The maximum Gasteiger partial charge on any atom is 0.0328 e. The van der Waals surface area contributed by atoms with Crippen LogP contribution in [0.3, 0.4) is 0 Å². The maximum atomic E-state index is 4.20. The summed E-state index contributed by atoms with van der Waals surface area (Å²) in [7, 11) is 4.42. The minimum Gasteiger partial charge on any atom is -0.311 e. The standard InChI is InChI=1S/C15H25N3/c1-13-6-9-16-10-14(13)11-17-12-15(18(2)3)7-4-5-8-15/h6,9-10,17H,4-5,7-8,11-12H2,1-3H3. The van der Waals surface area contributed by atoms with Crippen LogP contribution < -0.4 is 5.32 Å². The van der Waals surface area contributed by atoms with Crippen molar-refractivity contribution in [1.29, 1.82) is 0 Å². The zero-order chi connectivity index (χ0) is 13.0. The third-order valence-corrected chi connectivity index (χ3v) is 4.40. The van der Waals surface area contributed by atoms with Crippen LogP contribution in [-0.2, 0) is 6.54 Å². The molecule has 3 nitrogen and oxygen atoms in total. The SMILES string of the molecule is Cc1ccncc1CNCC1(N(C)C)CCCC1. The Morgan fingerprint density at radius 3 is 2.67 bits per heavy atom. The van der Waals surface area contributed by atoms with Gasteiger partial charge >= 0.3 is 0 Å². The highest BCUT2D eigenvalue weighted by Gasteiger charge is 2.35. The lowest BCUT2D eigenvalue weighted by Crippen LogP contribution is -2.49. The summed E-state index contributed by atoms with van der Waals surface area (Å²) in [4.78, 5) is 6.60. The van der Waals surface area contributed by atoms with Crippen LogP contribution in [0.4, 0.5) is 0 Å². The fourth-order valence-electron chi connectivity index (χ4n) is 2.93. The van der Waals surface area contributed by atoms with Crippen LogP contribution in [0.15, 0.2) is 18.5 Å². The van der Waals surface area contributed by atoms with Crippen molar-refractivity contribution in [1.82, 2.24) is 15.2 Å². The number of hydrogen-bond acceptors (Lipinski definition) is 3.